The molecule has 1 aromatic rings. The van der Waals surface area contributed by atoms with Gasteiger partial charge in [-0.15, -0.1) is 0 Å². The number of fused-ring (bicyclic) bond motifs is 1. The predicted octanol–water partition coefficient (Wildman–Crippen LogP) is -0.0966. The van der Waals surface area contributed by atoms with Gasteiger partial charge in [-0.1, -0.05) is 6.92 Å². The molecule has 0 radical (unpaired) electrons. The van der Waals surface area contributed by atoms with Gasteiger partial charge in [-0.05, 0) is 37.8 Å². The standard InChI is InChI=1S/C21H28O9/c1-8-7-28-19-13(8)21(3,27)14-9(2)11(5-4-10(14)15(19)23)29-20-18(26)17(25)16(24)12(6-22)30-20/h7,9,11-12,16-18,20,22,24-27H,4-6H2,1-3H3. The van der Waals surface area contributed by atoms with Crippen LogP contribution < -0.4 is 0 Å². The Morgan fingerprint density at radius 1 is 1.23 bits per heavy atom. The first-order chi connectivity index (χ1) is 14.1. The molecule has 8 unspecified atom stereocenters. The Morgan fingerprint density at radius 2 is 1.93 bits per heavy atom. The van der Waals surface area contributed by atoms with Crippen molar-refractivity contribution in [2.24, 2.45) is 5.92 Å². The number of aliphatic hydroxyl groups excluding tert-OH is 4. The van der Waals surface area contributed by atoms with Gasteiger partial charge < -0.3 is 39.4 Å². The second-order valence-corrected chi connectivity index (χ2v) is 8.62. The summed E-state index contributed by atoms with van der Waals surface area (Å²) in [5, 5.41) is 51.0. The third kappa shape index (κ3) is 3.08. The van der Waals surface area contributed by atoms with Gasteiger partial charge in [-0.25, -0.2) is 0 Å². The highest BCUT2D eigenvalue weighted by molar-refractivity contribution is 6.10. The molecule has 9 nitrogen and oxygen atoms in total. The number of aryl methyl sites for hydroxylation is 1. The molecule has 0 bridgehead atoms. The molecule has 1 fully saturated rings. The summed E-state index contributed by atoms with van der Waals surface area (Å²) in [5.74, 6) is -0.475. The fraction of sp³-hybridized carbons (Fsp3) is 0.667. The van der Waals surface area contributed by atoms with Crippen LogP contribution in [0.5, 0.6) is 0 Å². The van der Waals surface area contributed by atoms with Crippen LogP contribution in [0.4, 0.5) is 0 Å². The number of ether oxygens (including phenoxy) is 2. The van der Waals surface area contributed by atoms with Crippen LogP contribution in [0.15, 0.2) is 21.8 Å². The van der Waals surface area contributed by atoms with Crippen molar-refractivity contribution >= 4 is 5.78 Å². The van der Waals surface area contributed by atoms with E-state index in [1.807, 2.05) is 6.92 Å². The number of Topliss-reactive ketones (excluding diaryl/α,β-unsaturated/α-hetero) is 1. The molecule has 166 valence electrons. The zero-order valence-corrected chi connectivity index (χ0v) is 17.1. The largest absolute Gasteiger partial charge is 0.460 e. The molecule has 8 atom stereocenters. The summed E-state index contributed by atoms with van der Waals surface area (Å²) in [6.07, 6.45) is -5.17. The number of hydrogen-bond acceptors (Lipinski definition) is 9. The molecule has 1 aliphatic heterocycles. The molecular weight excluding hydrogens is 396 g/mol. The Balaban J connectivity index is 1.61. The summed E-state index contributed by atoms with van der Waals surface area (Å²) in [7, 11) is 0. The molecule has 4 rings (SSSR count). The normalized spacial score (nSPS) is 41.6. The van der Waals surface area contributed by atoms with Gasteiger partial charge in [0.2, 0.25) is 5.78 Å². The maximum absolute atomic E-state index is 13.0. The molecule has 2 aliphatic carbocycles. The van der Waals surface area contributed by atoms with Crippen LogP contribution in [-0.2, 0) is 15.1 Å². The van der Waals surface area contributed by atoms with E-state index in [0.717, 1.165) is 0 Å². The van der Waals surface area contributed by atoms with Crippen molar-refractivity contribution in [3.8, 4) is 0 Å². The lowest BCUT2D eigenvalue weighted by atomic mass is 9.66. The number of furan rings is 1. The second-order valence-electron chi connectivity index (χ2n) is 8.62. The lowest BCUT2D eigenvalue weighted by Crippen LogP contribution is -2.60. The minimum Gasteiger partial charge on any atom is -0.460 e. The minimum absolute atomic E-state index is 0.164. The summed E-state index contributed by atoms with van der Waals surface area (Å²) in [6, 6.07) is 0. The molecule has 0 saturated carbocycles. The molecule has 0 amide bonds. The van der Waals surface area contributed by atoms with E-state index in [2.05, 4.69) is 0 Å². The third-order valence-electron chi connectivity index (χ3n) is 6.64. The molecule has 1 aromatic heterocycles. The van der Waals surface area contributed by atoms with Crippen molar-refractivity contribution in [2.75, 3.05) is 6.61 Å². The highest BCUT2D eigenvalue weighted by atomic mass is 16.7. The van der Waals surface area contributed by atoms with Gasteiger partial charge in [0.05, 0.1) is 19.0 Å². The van der Waals surface area contributed by atoms with Gasteiger partial charge in [0.25, 0.3) is 0 Å². The molecule has 0 spiro atoms. The molecule has 9 heteroatoms. The van der Waals surface area contributed by atoms with E-state index in [4.69, 9.17) is 13.9 Å². The van der Waals surface area contributed by atoms with Crippen molar-refractivity contribution in [3.05, 3.63) is 34.3 Å². The van der Waals surface area contributed by atoms with Crippen LogP contribution in [0.1, 0.15) is 48.4 Å². The summed E-state index contributed by atoms with van der Waals surface area (Å²) in [5.41, 5.74) is 0.756. The molecular formula is C21H28O9. The molecule has 5 N–H and O–H groups in total. The highest BCUT2D eigenvalue weighted by Crippen LogP contribution is 2.49. The van der Waals surface area contributed by atoms with E-state index in [-0.39, 0.29) is 11.5 Å². The van der Waals surface area contributed by atoms with Gasteiger partial charge >= 0.3 is 0 Å². The highest BCUT2D eigenvalue weighted by Gasteiger charge is 2.51. The molecule has 30 heavy (non-hydrogen) atoms. The van der Waals surface area contributed by atoms with Crippen LogP contribution in [0.3, 0.4) is 0 Å². The van der Waals surface area contributed by atoms with Crippen LogP contribution in [0.25, 0.3) is 0 Å². The SMILES string of the molecule is Cc1coc2c1C(C)(O)C1=C(CCC(OC3OC(CO)C(O)C(O)C3O)C1C)C2=O. The monoisotopic (exact) mass is 424 g/mol. The zero-order valence-electron chi connectivity index (χ0n) is 17.1. The van der Waals surface area contributed by atoms with Crippen LogP contribution in [0.2, 0.25) is 0 Å². The Hall–Kier alpha value is -1.59. The number of aliphatic hydroxyl groups is 5. The van der Waals surface area contributed by atoms with Crippen molar-refractivity contribution in [1.29, 1.82) is 0 Å². The van der Waals surface area contributed by atoms with E-state index in [9.17, 15) is 30.3 Å². The maximum Gasteiger partial charge on any atom is 0.224 e. The predicted molar refractivity (Wildman–Crippen MR) is 101 cm³/mol. The summed E-state index contributed by atoms with van der Waals surface area (Å²) < 4.78 is 16.8. The Morgan fingerprint density at radius 3 is 2.60 bits per heavy atom. The number of ketones is 1. The molecule has 2 heterocycles. The number of allylic oxidation sites excluding steroid dienone is 1. The third-order valence-corrected chi connectivity index (χ3v) is 6.64. The van der Waals surface area contributed by atoms with E-state index in [1.54, 1.807) is 13.8 Å². The topological polar surface area (TPSA) is 150 Å². The Bertz CT molecular complexity index is 868. The van der Waals surface area contributed by atoms with Gasteiger partial charge in [0.15, 0.2) is 12.1 Å². The summed E-state index contributed by atoms with van der Waals surface area (Å²) in [6.45, 7) is 4.67. The summed E-state index contributed by atoms with van der Waals surface area (Å²) >= 11 is 0. The average molecular weight is 424 g/mol. The van der Waals surface area contributed by atoms with Gasteiger partial charge in [0, 0.05) is 17.1 Å². The molecule has 3 aliphatic rings. The van der Waals surface area contributed by atoms with E-state index in [0.29, 0.717) is 35.1 Å². The van der Waals surface area contributed by atoms with Crippen molar-refractivity contribution < 1.29 is 44.2 Å². The first kappa shape index (κ1) is 21.6. The lowest BCUT2D eigenvalue weighted by molar-refractivity contribution is -0.314. The number of rotatable bonds is 3. The summed E-state index contributed by atoms with van der Waals surface area (Å²) in [4.78, 5) is 13.0. The van der Waals surface area contributed by atoms with E-state index >= 15 is 0 Å². The van der Waals surface area contributed by atoms with Crippen LogP contribution in [-0.4, -0.2) is 74.7 Å². The number of hydrogen-bond donors (Lipinski definition) is 5. The Kier molecular flexibility index (Phi) is 5.43. The van der Waals surface area contributed by atoms with Gasteiger partial charge in [0.1, 0.15) is 30.0 Å². The quantitative estimate of drug-likeness (QED) is 0.448. The molecule has 1 saturated heterocycles. The average Bonchev–Trinajstić information content (AvgIpc) is 3.10. The number of carbonyl (C=O) groups excluding carboxylic acids is 1. The first-order valence-electron chi connectivity index (χ1n) is 10.1. The van der Waals surface area contributed by atoms with Crippen LogP contribution in [0, 0.1) is 12.8 Å². The van der Waals surface area contributed by atoms with Crippen LogP contribution >= 0.6 is 0 Å². The van der Waals surface area contributed by atoms with Crippen molar-refractivity contribution in [2.45, 2.75) is 76.0 Å². The Labute approximate surface area is 173 Å². The van der Waals surface area contributed by atoms with Crippen molar-refractivity contribution in [1.82, 2.24) is 0 Å². The number of carbonyl (C=O) groups is 1. The molecule has 0 aromatic carbocycles. The van der Waals surface area contributed by atoms with E-state index < -0.39 is 54.9 Å². The second kappa shape index (κ2) is 7.52. The maximum atomic E-state index is 13.0. The fourth-order valence-corrected chi connectivity index (χ4v) is 5.13. The van der Waals surface area contributed by atoms with Crippen molar-refractivity contribution in [3.63, 3.8) is 0 Å². The lowest BCUT2D eigenvalue weighted by Gasteiger charge is -2.45. The minimum atomic E-state index is -1.54. The fourth-order valence-electron chi connectivity index (χ4n) is 5.13. The first-order valence-corrected chi connectivity index (χ1v) is 10.1. The zero-order chi connectivity index (χ0) is 22.0. The van der Waals surface area contributed by atoms with Gasteiger partial charge in [-0.3, -0.25) is 4.79 Å². The van der Waals surface area contributed by atoms with Gasteiger partial charge in [-0.2, -0.15) is 0 Å². The smallest absolute Gasteiger partial charge is 0.224 e. The van der Waals surface area contributed by atoms with E-state index in [1.165, 1.54) is 6.26 Å².